The molecule has 0 bridgehead atoms. The first-order chi connectivity index (χ1) is 14.7. The van der Waals surface area contributed by atoms with Crippen molar-refractivity contribution in [1.29, 1.82) is 0 Å². The topological polar surface area (TPSA) is 130 Å². The molecule has 2 aromatic rings. The third-order valence-electron chi connectivity index (χ3n) is 5.09. The van der Waals surface area contributed by atoms with E-state index < -0.39 is 32.8 Å². The lowest BCUT2D eigenvalue weighted by atomic mass is 9.94. The lowest BCUT2D eigenvalue weighted by Gasteiger charge is -2.25. The summed E-state index contributed by atoms with van der Waals surface area (Å²) < 4.78 is 71.2. The second-order valence-corrected chi connectivity index (χ2v) is 8.60. The summed E-state index contributed by atoms with van der Waals surface area (Å²) in [5, 5.41) is 8.47. The van der Waals surface area contributed by atoms with Crippen LogP contribution < -0.4 is 32.4 Å². The Morgan fingerprint density at radius 2 is 1.71 bits per heavy atom. The Morgan fingerprint density at radius 1 is 1.03 bits per heavy atom. The highest BCUT2D eigenvalue weighted by Gasteiger charge is 2.40. The van der Waals surface area contributed by atoms with E-state index in [9.17, 15) is 21.6 Å². The van der Waals surface area contributed by atoms with Gasteiger partial charge in [0.15, 0.2) is 0 Å². The van der Waals surface area contributed by atoms with Crippen molar-refractivity contribution in [3.05, 3.63) is 53.1 Å². The van der Waals surface area contributed by atoms with E-state index in [1.54, 1.807) is 24.3 Å². The molecule has 0 aromatic heterocycles. The van der Waals surface area contributed by atoms with Gasteiger partial charge in [0.1, 0.15) is 11.1 Å². The van der Waals surface area contributed by atoms with Crippen LogP contribution in [0.4, 0.5) is 13.2 Å². The van der Waals surface area contributed by atoms with Crippen molar-refractivity contribution in [2.75, 3.05) is 19.7 Å². The molecule has 0 radical (unpaired) electrons. The Balaban J connectivity index is 1.86. The van der Waals surface area contributed by atoms with Crippen molar-refractivity contribution in [2.24, 2.45) is 5.14 Å². The van der Waals surface area contributed by atoms with Crippen molar-refractivity contribution < 1.29 is 26.3 Å². The van der Waals surface area contributed by atoms with Crippen LogP contribution in [0.3, 0.4) is 0 Å². The van der Waals surface area contributed by atoms with Crippen LogP contribution in [0, 0.1) is 0 Å². The zero-order chi connectivity index (χ0) is 22.2. The van der Waals surface area contributed by atoms with Crippen LogP contribution >= 0.6 is 0 Å². The summed E-state index contributed by atoms with van der Waals surface area (Å²) in [6.07, 6.45) is -6.05. The van der Waals surface area contributed by atoms with Gasteiger partial charge in [0.05, 0.1) is 18.3 Å². The van der Waals surface area contributed by atoms with E-state index in [0.717, 1.165) is 18.2 Å². The number of ether oxygens (including phenoxy) is 1. The number of hydrogen-bond donors (Lipinski definition) is 6. The monoisotopic (exact) mass is 458 g/mol. The Labute approximate surface area is 176 Å². The highest BCUT2D eigenvalue weighted by Crippen LogP contribution is 2.41. The predicted molar refractivity (Wildman–Crippen MR) is 105 cm³/mol. The van der Waals surface area contributed by atoms with Gasteiger partial charge in [-0.1, -0.05) is 30.3 Å². The van der Waals surface area contributed by atoms with Crippen molar-refractivity contribution in [3.63, 3.8) is 0 Å². The Bertz CT molecular complexity index is 1050. The lowest BCUT2D eigenvalue weighted by Crippen LogP contribution is -2.33. The van der Waals surface area contributed by atoms with Crippen molar-refractivity contribution in [1.82, 2.24) is 27.2 Å². The van der Waals surface area contributed by atoms with Gasteiger partial charge in [-0.15, -0.1) is 0 Å². The van der Waals surface area contributed by atoms with Gasteiger partial charge in [0.25, 0.3) is 0 Å². The normalized spacial score (nSPS) is 20.8. The number of alkyl halides is 3. The average molecular weight is 458 g/mol. The van der Waals surface area contributed by atoms with Gasteiger partial charge in [-0.3, -0.25) is 0 Å². The Morgan fingerprint density at radius 3 is 2.26 bits per heavy atom. The molecule has 1 unspecified atom stereocenters. The second kappa shape index (κ2) is 8.44. The minimum Gasteiger partial charge on any atom is -0.371 e. The maximum atomic E-state index is 13.6. The highest BCUT2D eigenvalue weighted by molar-refractivity contribution is 7.89. The minimum absolute atomic E-state index is 0.138. The summed E-state index contributed by atoms with van der Waals surface area (Å²) in [7, 11) is -4.72. The Hall–Kier alpha value is -2.10. The van der Waals surface area contributed by atoms with E-state index in [2.05, 4.69) is 27.2 Å². The van der Waals surface area contributed by atoms with Gasteiger partial charge < -0.3 is 10.1 Å². The molecule has 168 valence electrons. The summed E-state index contributed by atoms with van der Waals surface area (Å²) in [5.74, 6) is 0. The number of primary sulfonamides is 1. The van der Waals surface area contributed by atoms with Crippen molar-refractivity contribution >= 4 is 10.0 Å². The first-order valence-electron chi connectivity index (χ1n) is 9.37. The van der Waals surface area contributed by atoms with E-state index in [1.165, 1.54) is 6.07 Å². The number of rotatable bonds is 4. The number of nitrogens with one attached hydrogen (secondary N) is 5. The number of hydrogen-bond acceptors (Lipinski definition) is 8. The second-order valence-electron chi connectivity index (χ2n) is 7.10. The molecule has 2 fully saturated rings. The smallest absolute Gasteiger partial charge is 0.371 e. The molecule has 0 amide bonds. The van der Waals surface area contributed by atoms with Crippen LogP contribution in [-0.2, 0) is 20.9 Å². The third kappa shape index (κ3) is 4.58. The van der Waals surface area contributed by atoms with Crippen LogP contribution in [0.1, 0.15) is 29.0 Å². The average Bonchev–Trinajstić information content (AvgIpc) is 3.27. The van der Waals surface area contributed by atoms with Gasteiger partial charge in [-0.2, -0.15) is 24.2 Å². The number of halogens is 3. The van der Waals surface area contributed by atoms with E-state index >= 15 is 0 Å². The predicted octanol–water partition coefficient (Wildman–Crippen LogP) is 0.796. The number of morpholine rings is 1. The molecular weight excluding hydrogens is 437 g/mol. The lowest BCUT2D eigenvalue weighted by molar-refractivity contribution is -0.140. The largest absolute Gasteiger partial charge is 0.417 e. The standard InChI is InChI=1S/C18H21F3N6O3S/c19-18(20,21)13-6-5-12(15(16(13)31(22,28)29)17-24-26-27-25-17)10-1-3-11(4-2-10)14-9-23-7-8-30-14/h1-6,14,17,23-27H,7-9H2,(H2,22,28,29). The summed E-state index contributed by atoms with van der Waals surface area (Å²) in [4.78, 5) is -0.989. The van der Waals surface area contributed by atoms with Gasteiger partial charge in [0, 0.05) is 18.7 Å². The summed E-state index contributed by atoms with van der Waals surface area (Å²) in [6, 6.07) is 9.00. The quantitative estimate of drug-likeness (QED) is 0.397. The van der Waals surface area contributed by atoms with Crippen LogP contribution in [0.5, 0.6) is 0 Å². The molecule has 7 N–H and O–H groups in total. The molecule has 31 heavy (non-hydrogen) atoms. The summed E-state index contributed by atoms with van der Waals surface area (Å²) >= 11 is 0. The van der Waals surface area contributed by atoms with Gasteiger partial charge in [-0.05, 0) is 22.8 Å². The molecule has 2 aliphatic heterocycles. The molecular formula is C18H21F3N6O3S. The number of hydrazine groups is 3. The summed E-state index contributed by atoms with van der Waals surface area (Å²) in [5.41, 5.74) is 10.5. The van der Waals surface area contributed by atoms with Gasteiger partial charge >= 0.3 is 6.18 Å². The molecule has 0 spiro atoms. The first-order valence-corrected chi connectivity index (χ1v) is 10.9. The molecule has 0 aliphatic carbocycles. The number of sulfonamides is 1. The van der Waals surface area contributed by atoms with Crippen molar-refractivity contribution in [2.45, 2.75) is 23.3 Å². The number of nitrogens with two attached hydrogens (primary N) is 1. The summed E-state index contributed by atoms with van der Waals surface area (Å²) in [6.45, 7) is 1.99. The maximum Gasteiger partial charge on any atom is 0.417 e. The molecule has 2 heterocycles. The number of benzene rings is 2. The maximum absolute atomic E-state index is 13.6. The van der Waals surface area contributed by atoms with Crippen LogP contribution in [0.25, 0.3) is 11.1 Å². The zero-order valence-electron chi connectivity index (χ0n) is 16.1. The fourth-order valence-electron chi connectivity index (χ4n) is 3.72. The molecule has 2 saturated heterocycles. The van der Waals surface area contributed by atoms with E-state index in [0.29, 0.717) is 18.7 Å². The van der Waals surface area contributed by atoms with E-state index in [4.69, 9.17) is 9.88 Å². The fourth-order valence-corrected chi connectivity index (χ4v) is 4.75. The van der Waals surface area contributed by atoms with E-state index in [1.807, 2.05) is 0 Å². The molecule has 4 rings (SSSR count). The molecule has 1 atom stereocenters. The van der Waals surface area contributed by atoms with Gasteiger partial charge in [-0.25, -0.2) is 24.4 Å². The SMILES string of the molecule is NS(=O)(=O)c1c(C(F)(F)F)ccc(-c2ccc(C3CNCCO3)cc2)c1C1NNNN1. The van der Waals surface area contributed by atoms with Crippen LogP contribution in [0.15, 0.2) is 41.3 Å². The molecule has 0 saturated carbocycles. The van der Waals surface area contributed by atoms with Gasteiger partial charge in [0.2, 0.25) is 10.0 Å². The minimum atomic E-state index is -4.91. The fraction of sp³-hybridized carbons (Fsp3) is 0.333. The first kappa shape index (κ1) is 22.1. The van der Waals surface area contributed by atoms with Crippen LogP contribution in [0.2, 0.25) is 0 Å². The van der Waals surface area contributed by atoms with Crippen molar-refractivity contribution in [3.8, 4) is 11.1 Å². The third-order valence-corrected chi connectivity index (χ3v) is 6.10. The Kier molecular flexibility index (Phi) is 6.02. The molecule has 9 nitrogen and oxygen atoms in total. The van der Waals surface area contributed by atoms with E-state index in [-0.39, 0.29) is 17.2 Å². The zero-order valence-corrected chi connectivity index (χ0v) is 16.9. The molecule has 13 heteroatoms. The van der Waals surface area contributed by atoms with Crippen LogP contribution in [-0.4, -0.2) is 28.1 Å². The molecule has 2 aliphatic rings. The highest BCUT2D eigenvalue weighted by atomic mass is 32.2. The molecule has 2 aromatic carbocycles.